The molecule has 0 radical (unpaired) electrons. The van der Waals surface area contributed by atoms with Crippen LogP contribution in [0.4, 0.5) is 0 Å². The van der Waals surface area contributed by atoms with Crippen LogP contribution >= 0.6 is 0 Å². The monoisotopic (exact) mass is 366 g/mol. The number of nitriles is 4. The molecule has 0 amide bonds. The van der Waals surface area contributed by atoms with Gasteiger partial charge < -0.3 is 20.9 Å². The first kappa shape index (κ1) is 21.7. The number of piperidine rings is 2. The summed E-state index contributed by atoms with van der Waals surface area (Å²) >= 11 is 0. The first-order valence-corrected chi connectivity index (χ1v) is 9.15. The molecule has 0 aliphatic carbocycles. The lowest BCUT2D eigenvalue weighted by atomic mass is 10.1. The molecule has 0 unspecified atom stereocenters. The van der Waals surface area contributed by atoms with Crippen LogP contribution in [0, 0.1) is 45.3 Å². The molecule has 2 aliphatic heterocycles. The maximum Gasteiger partial charge on any atom is 0.169 e. The average molecular weight is 366 g/mol. The highest BCUT2D eigenvalue weighted by molar-refractivity contribution is 5.39. The number of nitrogens with two attached hydrogens (primary N) is 1. The topological polar surface area (TPSA) is 140 Å². The normalized spacial score (nSPS) is 15.4. The SMILES string of the molecule is CNC(=C(C#N)C#N)N1CCCCC1.N#CC(C#N)=C(N)N1CCCCC1. The van der Waals surface area contributed by atoms with E-state index in [4.69, 9.17) is 26.8 Å². The zero-order valence-corrected chi connectivity index (χ0v) is 15.8. The standard InChI is InChI=1S/C10H14N4.C9H12N4/c1-13-10(9(7-11)8-12)14-5-3-2-4-6-14;10-6-8(7-11)9(12)13-4-2-1-3-5-13/h13H,2-6H2,1H3;1-5,12H2. The average Bonchev–Trinajstić information content (AvgIpc) is 2.74. The maximum absolute atomic E-state index is 8.76. The number of nitrogens with zero attached hydrogens (tertiary/aromatic N) is 6. The second-order valence-electron chi connectivity index (χ2n) is 6.28. The molecule has 0 spiro atoms. The van der Waals surface area contributed by atoms with E-state index in [0.717, 1.165) is 51.9 Å². The molecular weight excluding hydrogens is 340 g/mol. The first-order valence-electron chi connectivity index (χ1n) is 9.15. The van der Waals surface area contributed by atoms with Gasteiger partial charge in [0.25, 0.3) is 0 Å². The Bertz CT molecular complexity index is 679. The Morgan fingerprint density at radius 2 is 1.11 bits per heavy atom. The molecule has 8 nitrogen and oxygen atoms in total. The lowest BCUT2D eigenvalue weighted by molar-refractivity contribution is 0.270. The molecule has 0 aromatic rings. The second-order valence-corrected chi connectivity index (χ2v) is 6.28. The summed E-state index contributed by atoms with van der Waals surface area (Å²) in [6.07, 6.45) is 6.89. The third-order valence-corrected chi connectivity index (χ3v) is 4.55. The van der Waals surface area contributed by atoms with Gasteiger partial charge in [-0.15, -0.1) is 0 Å². The minimum atomic E-state index is 0.0295. The molecule has 2 heterocycles. The van der Waals surface area contributed by atoms with E-state index >= 15 is 0 Å². The highest BCUT2D eigenvalue weighted by Gasteiger charge is 2.16. The Balaban J connectivity index is 0.000000271. The van der Waals surface area contributed by atoms with Crippen LogP contribution in [0.5, 0.6) is 0 Å². The summed E-state index contributed by atoms with van der Waals surface area (Å²) in [5, 5.41) is 37.6. The van der Waals surface area contributed by atoms with Gasteiger partial charge >= 0.3 is 0 Å². The summed E-state index contributed by atoms with van der Waals surface area (Å²) in [5.74, 6) is 1.01. The molecule has 2 saturated heterocycles. The number of nitrogens with one attached hydrogen (secondary N) is 1. The Hall–Kier alpha value is -3.36. The lowest BCUT2D eigenvalue weighted by Gasteiger charge is -2.30. The van der Waals surface area contributed by atoms with Crippen molar-refractivity contribution in [3.8, 4) is 24.3 Å². The van der Waals surface area contributed by atoms with Gasteiger partial charge in [-0.2, -0.15) is 21.0 Å². The smallest absolute Gasteiger partial charge is 0.169 e. The zero-order chi connectivity index (χ0) is 20.1. The first-order chi connectivity index (χ1) is 13.1. The summed E-state index contributed by atoms with van der Waals surface area (Å²) in [6, 6.07) is 7.43. The van der Waals surface area contributed by atoms with Gasteiger partial charge in [-0.3, -0.25) is 0 Å². The van der Waals surface area contributed by atoms with Gasteiger partial charge in [0.1, 0.15) is 35.9 Å². The van der Waals surface area contributed by atoms with E-state index in [1.165, 1.54) is 12.8 Å². The Kier molecular flexibility index (Phi) is 9.69. The molecule has 0 bridgehead atoms. The molecule has 0 aromatic heterocycles. The van der Waals surface area contributed by atoms with Crippen molar-refractivity contribution in [2.45, 2.75) is 38.5 Å². The van der Waals surface area contributed by atoms with Crippen LogP contribution in [0.2, 0.25) is 0 Å². The lowest BCUT2D eigenvalue weighted by Crippen LogP contribution is -2.35. The Labute approximate surface area is 161 Å². The molecule has 0 aromatic carbocycles. The van der Waals surface area contributed by atoms with Gasteiger partial charge in [0, 0.05) is 33.2 Å². The van der Waals surface area contributed by atoms with Crippen molar-refractivity contribution in [1.29, 1.82) is 21.0 Å². The fraction of sp³-hybridized carbons (Fsp3) is 0.579. The van der Waals surface area contributed by atoms with Crippen molar-refractivity contribution in [2.75, 3.05) is 33.2 Å². The third kappa shape index (κ3) is 6.46. The number of hydrogen-bond donors (Lipinski definition) is 2. The van der Waals surface area contributed by atoms with Gasteiger partial charge in [0.2, 0.25) is 0 Å². The van der Waals surface area contributed by atoms with Crippen molar-refractivity contribution >= 4 is 0 Å². The van der Waals surface area contributed by atoms with E-state index in [-0.39, 0.29) is 11.1 Å². The van der Waals surface area contributed by atoms with Crippen LogP contribution in [0.15, 0.2) is 22.8 Å². The summed E-state index contributed by atoms with van der Waals surface area (Å²) in [7, 11) is 1.75. The van der Waals surface area contributed by atoms with Crippen molar-refractivity contribution in [3.63, 3.8) is 0 Å². The molecule has 27 heavy (non-hydrogen) atoms. The van der Waals surface area contributed by atoms with Crippen LogP contribution in [0.3, 0.4) is 0 Å². The number of rotatable bonds is 3. The van der Waals surface area contributed by atoms with Crippen molar-refractivity contribution < 1.29 is 0 Å². The van der Waals surface area contributed by atoms with E-state index in [2.05, 4.69) is 10.2 Å². The van der Waals surface area contributed by atoms with Crippen LogP contribution in [0.25, 0.3) is 0 Å². The fourth-order valence-corrected chi connectivity index (χ4v) is 3.12. The van der Waals surface area contributed by atoms with Gasteiger partial charge in [0.15, 0.2) is 11.1 Å². The highest BCUT2D eigenvalue weighted by atomic mass is 15.2. The molecule has 0 saturated carbocycles. The van der Waals surface area contributed by atoms with E-state index in [1.54, 1.807) is 19.2 Å². The van der Waals surface area contributed by atoms with Gasteiger partial charge in [-0.25, -0.2) is 0 Å². The zero-order valence-electron chi connectivity index (χ0n) is 15.8. The van der Waals surface area contributed by atoms with Crippen LogP contribution in [-0.4, -0.2) is 43.0 Å². The van der Waals surface area contributed by atoms with E-state index < -0.39 is 0 Å². The van der Waals surface area contributed by atoms with Crippen molar-refractivity contribution in [3.05, 3.63) is 22.8 Å². The van der Waals surface area contributed by atoms with Crippen LogP contribution in [0.1, 0.15) is 38.5 Å². The summed E-state index contributed by atoms with van der Waals surface area (Å²) in [4.78, 5) is 3.98. The largest absolute Gasteiger partial charge is 0.384 e. The van der Waals surface area contributed by atoms with Crippen LogP contribution in [-0.2, 0) is 0 Å². The highest BCUT2D eigenvalue weighted by Crippen LogP contribution is 2.15. The molecular formula is C19H26N8. The predicted molar refractivity (Wildman–Crippen MR) is 101 cm³/mol. The predicted octanol–water partition coefficient (Wildman–Crippen LogP) is 1.64. The fourth-order valence-electron chi connectivity index (χ4n) is 3.12. The number of allylic oxidation sites excluding steroid dienone is 2. The van der Waals surface area contributed by atoms with Crippen molar-refractivity contribution in [1.82, 2.24) is 15.1 Å². The maximum atomic E-state index is 8.76. The quantitative estimate of drug-likeness (QED) is 0.718. The van der Waals surface area contributed by atoms with E-state index in [9.17, 15) is 0 Å². The molecule has 2 fully saturated rings. The summed E-state index contributed by atoms with van der Waals surface area (Å²) in [5.41, 5.74) is 5.88. The summed E-state index contributed by atoms with van der Waals surface area (Å²) in [6.45, 7) is 3.59. The molecule has 0 atom stereocenters. The van der Waals surface area contributed by atoms with Crippen LogP contribution < -0.4 is 11.1 Å². The van der Waals surface area contributed by atoms with Gasteiger partial charge in [-0.1, -0.05) is 0 Å². The minimum Gasteiger partial charge on any atom is -0.384 e. The minimum absolute atomic E-state index is 0.0295. The van der Waals surface area contributed by atoms with Gasteiger partial charge in [-0.05, 0) is 38.5 Å². The Morgan fingerprint density at radius 1 is 0.704 bits per heavy atom. The molecule has 8 heteroatoms. The number of likely N-dealkylation sites (tertiary alicyclic amines) is 2. The Morgan fingerprint density at radius 3 is 1.48 bits per heavy atom. The van der Waals surface area contributed by atoms with Crippen molar-refractivity contribution in [2.24, 2.45) is 5.73 Å². The van der Waals surface area contributed by atoms with E-state index in [0.29, 0.717) is 11.6 Å². The molecule has 2 aliphatic rings. The van der Waals surface area contributed by atoms with Gasteiger partial charge in [0.05, 0.1) is 0 Å². The molecule has 2 rings (SSSR count). The molecule has 3 N–H and O–H groups in total. The third-order valence-electron chi connectivity index (χ3n) is 4.55. The molecule has 142 valence electrons. The second kappa shape index (κ2) is 12.1. The van der Waals surface area contributed by atoms with E-state index in [1.807, 2.05) is 17.0 Å². The summed E-state index contributed by atoms with van der Waals surface area (Å²) < 4.78 is 0. The number of hydrogen-bond acceptors (Lipinski definition) is 8.